The van der Waals surface area contributed by atoms with Crippen LogP contribution in [0.2, 0.25) is 0 Å². The molecule has 0 saturated carbocycles. The molecule has 0 spiro atoms. The lowest BCUT2D eigenvalue weighted by Gasteiger charge is -2.05. The smallest absolute Gasteiger partial charge is 0.172 e. The molecule has 0 amide bonds. The van der Waals surface area contributed by atoms with E-state index in [-0.39, 0.29) is 0 Å². The van der Waals surface area contributed by atoms with Crippen LogP contribution in [0.1, 0.15) is 5.69 Å². The standard InChI is InChI=1S/C11H12IN3S/c1-16-11-14-9(6-13)7-15(11)10-4-2-8(12)3-5-10/h2-5,7H,6,13H2,1H3. The van der Waals surface area contributed by atoms with Crippen molar-refractivity contribution in [3.8, 4) is 5.69 Å². The maximum absolute atomic E-state index is 5.60. The zero-order chi connectivity index (χ0) is 11.5. The summed E-state index contributed by atoms with van der Waals surface area (Å²) in [7, 11) is 0. The SMILES string of the molecule is CSc1nc(CN)cn1-c1ccc(I)cc1. The molecule has 0 aliphatic heterocycles. The third-order valence-corrected chi connectivity index (χ3v) is 3.59. The maximum atomic E-state index is 5.60. The summed E-state index contributed by atoms with van der Waals surface area (Å²) in [5, 5.41) is 0.974. The highest BCUT2D eigenvalue weighted by Crippen LogP contribution is 2.20. The Bertz CT molecular complexity index is 478. The van der Waals surface area contributed by atoms with Crippen LogP contribution < -0.4 is 5.73 Å². The Kier molecular flexibility index (Phi) is 3.88. The van der Waals surface area contributed by atoms with Crippen LogP contribution in [0.3, 0.4) is 0 Å². The summed E-state index contributed by atoms with van der Waals surface area (Å²) in [6.45, 7) is 0.477. The van der Waals surface area contributed by atoms with E-state index in [1.54, 1.807) is 11.8 Å². The first-order valence-corrected chi connectivity index (χ1v) is 7.13. The van der Waals surface area contributed by atoms with Crippen molar-refractivity contribution >= 4 is 34.4 Å². The van der Waals surface area contributed by atoms with E-state index in [4.69, 9.17) is 5.73 Å². The molecule has 1 heterocycles. The molecule has 16 heavy (non-hydrogen) atoms. The van der Waals surface area contributed by atoms with Crippen molar-refractivity contribution in [2.45, 2.75) is 11.7 Å². The molecule has 3 nitrogen and oxygen atoms in total. The second-order valence-corrected chi connectivity index (χ2v) is 5.29. The average Bonchev–Trinajstić information content (AvgIpc) is 2.73. The number of imidazole rings is 1. The van der Waals surface area contributed by atoms with Gasteiger partial charge in [-0.1, -0.05) is 11.8 Å². The minimum atomic E-state index is 0.477. The van der Waals surface area contributed by atoms with Crippen LogP contribution in [0.5, 0.6) is 0 Å². The summed E-state index contributed by atoms with van der Waals surface area (Å²) in [5.41, 5.74) is 7.64. The van der Waals surface area contributed by atoms with E-state index < -0.39 is 0 Å². The van der Waals surface area contributed by atoms with E-state index in [9.17, 15) is 0 Å². The minimum Gasteiger partial charge on any atom is -0.325 e. The van der Waals surface area contributed by atoms with Gasteiger partial charge in [-0.2, -0.15) is 0 Å². The monoisotopic (exact) mass is 345 g/mol. The summed E-state index contributed by atoms with van der Waals surface area (Å²) in [6.07, 6.45) is 4.01. The van der Waals surface area contributed by atoms with Gasteiger partial charge >= 0.3 is 0 Å². The number of nitrogens with two attached hydrogens (primary N) is 1. The van der Waals surface area contributed by atoms with Crippen LogP contribution >= 0.6 is 34.4 Å². The van der Waals surface area contributed by atoms with Gasteiger partial charge in [-0.3, -0.25) is 4.57 Å². The predicted molar refractivity (Wildman–Crippen MR) is 76.0 cm³/mol. The Morgan fingerprint density at radius 2 is 2.06 bits per heavy atom. The normalized spacial score (nSPS) is 10.7. The highest BCUT2D eigenvalue weighted by atomic mass is 127. The van der Waals surface area contributed by atoms with Gasteiger partial charge in [-0.05, 0) is 53.1 Å². The van der Waals surface area contributed by atoms with Gasteiger partial charge in [0.15, 0.2) is 5.16 Å². The first-order chi connectivity index (χ1) is 7.74. The molecule has 84 valence electrons. The molecule has 1 aromatic carbocycles. The molecule has 0 unspecified atom stereocenters. The molecule has 0 saturated heterocycles. The molecular formula is C11H12IN3S. The van der Waals surface area contributed by atoms with Crippen molar-refractivity contribution in [2.24, 2.45) is 5.73 Å². The summed E-state index contributed by atoms with van der Waals surface area (Å²) in [5.74, 6) is 0. The molecule has 0 atom stereocenters. The Morgan fingerprint density at radius 3 is 2.62 bits per heavy atom. The van der Waals surface area contributed by atoms with Crippen molar-refractivity contribution in [3.63, 3.8) is 0 Å². The Balaban J connectivity index is 2.45. The summed E-state index contributed by atoms with van der Waals surface area (Å²) in [4.78, 5) is 4.45. The van der Waals surface area contributed by atoms with E-state index in [1.807, 2.05) is 12.5 Å². The van der Waals surface area contributed by atoms with Crippen molar-refractivity contribution in [1.82, 2.24) is 9.55 Å². The Labute approximate surface area is 113 Å². The van der Waals surface area contributed by atoms with E-state index >= 15 is 0 Å². The highest BCUT2D eigenvalue weighted by molar-refractivity contribution is 14.1. The third-order valence-electron chi connectivity index (χ3n) is 2.22. The fourth-order valence-corrected chi connectivity index (χ4v) is 2.36. The van der Waals surface area contributed by atoms with Gasteiger partial charge in [-0.25, -0.2) is 4.98 Å². The van der Waals surface area contributed by atoms with Crippen LogP contribution in [-0.2, 0) is 6.54 Å². The van der Waals surface area contributed by atoms with Gasteiger partial charge in [0.1, 0.15) is 0 Å². The minimum absolute atomic E-state index is 0.477. The van der Waals surface area contributed by atoms with Crippen LogP contribution in [0, 0.1) is 3.57 Å². The molecule has 2 N–H and O–H groups in total. The maximum Gasteiger partial charge on any atom is 0.172 e. The molecule has 0 bridgehead atoms. The van der Waals surface area contributed by atoms with Crippen molar-refractivity contribution in [3.05, 3.63) is 39.7 Å². The predicted octanol–water partition coefficient (Wildman–Crippen LogP) is 2.66. The Hall–Kier alpha value is -0.530. The van der Waals surface area contributed by atoms with Gasteiger partial charge in [0.25, 0.3) is 0 Å². The number of rotatable bonds is 3. The second kappa shape index (κ2) is 5.20. The molecule has 0 radical (unpaired) electrons. The van der Waals surface area contributed by atoms with Crippen molar-refractivity contribution in [2.75, 3.05) is 6.26 Å². The topological polar surface area (TPSA) is 43.8 Å². The van der Waals surface area contributed by atoms with Gasteiger partial charge in [-0.15, -0.1) is 0 Å². The molecular weight excluding hydrogens is 333 g/mol. The van der Waals surface area contributed by atoms with Gasteiger partial charge in [0, 0.05) is 22.0 Å². The number of aromatic nitrogens is 2. The molecule has 2 rings (SSSR count). The van der Waals surface area contributed by atoms with E-state index in [0.29, 0.717) is 6.54 Å². The fourth-order valence-electron chi connectivity index (χ4n) is 1.44. The molecule has 2 aromatic rings. The first-order valence-electron chi connectivity index (χ1n) is 4.83. The molecule has 5 heteroatoms. The van der Waals surface area contributed by atoms with Gasteiger partial charge in [0.2, 0.25) is 0 Å². The Morgan fingerprint density at radius 1 is 1.38 bits per heavy atom. The van der Waals surface area contributed by atoms with Crippen LogP contribution in [0.4, 0.5) is 0 Å². The fraction of sp³-hybridized carbons (Fsp3) is 0.182. The van der Waals surface area contributed by atoms with Crippen LogP contribution in [0.25, 0.3) is 5.69 Å². The molecule has 0 aliphatic carbocycles. The summed E-state index contributed by atoms with van der Waals surface area (Å²) < 4.78 is 3.30. The number of thioether (sulfide) groups is 1. The zero-order valence-corrected chi connectivity index (χ0v) is 11.8. The average molecular weight is 345 g/mol. The van der Waals surface area contributed by atoms with Crippen molar-refractivity contribution in [1.29, 1.82) is 0 Å². The number of nitrogens with zero attached hydrogens (tertiary/aromatic N) is 2. The van der Waals surface area contributed by atoms with Gasteiger partial charge < -0.3 is 5.73 Å². The number of benzene rings is 1. The third kappa shape index (κ3) is 2.41. The number of hydrogen-bond acceptors (Lipinski definition) is 3. The van der Waals surface area contributed by atoms with E-state index in [0.717, 1.165) is 16.5 Å². The zero-order valence-electron chi connectivity index (χ0n) is 8.85. The lowest BCUT2D eigenvalue weighted by atomic mass is 10.3. The van der Waals surface area contributed by atoms with E-state index in [1.165, 1.54) is 3.57 Å². The van der Waals surface area contributed by atoms with E-state index in [2.05, 4.69) is 56.4 Å². The van der Waals surface area contributed by atoms with Crippen LogP contribution in [-0.4, -0.2) is 15.8 Å². The van der Waals surface area contributed by atoms with Crippen molar-refractivity contribution < 1.29 is 0 Å². The first kappa shape index (κ1) is 11.9. The number of hydrogen-bond donors (Lipinski definition) is 1. The second-order valence-electron chi connectivity index (χ2n) is 3.27. The quantitative estimate of drug-likeness (QED) is 0.687. The largest absolute Gasteiger partial charge is 0.325 e. The highest BCUT2D eigenvalue weighted by Gasteiger charge is 2.07. The summed E-state index contributed by atoms with van der Waals surface area (Å²) in [6, 6.07) is 8.34. The molecule has 1 aromatic heterocycles. The molecule has 0 fully saturated rings. The van der Waals surface area contributed by atoms with Gasteiger partial charge in [0.05, 0.1) is 5.69 Å². The summed E-state index contributed by atoms with van der Waals surface area (Å²) >= 11 is 3.92. The number of halogens is 1. The van der Waals surface area contributed by atoms with Crippen LogP contribution in [0.15, 0.2) is 35.6 Å². The lowest BCUT2D eigenvalue weighted by molar-refractivity contribution is 0.890. The molecule has 0 aliphatic rings. The lowest BCUT2D eigenvalue weighted by Crippen LogP contribution is -1.95.